The number of rotatable bonds is 7. The van der Waals surface area contributed by atoms with Gasteiger partial charge in [0.2, 0.25) is 0 Å². The fourth-order valence-corrected chi connectivity index (χ4v) is 19.8. The van der Waals surface area contributed by atoms with Gasteiger partial charge in [-0.25, -0.2) is 44.9 Å². The van der Waals surface area contributed by atoms with Gasteiger partial charge in [0.1, 0.15) is 17.5 Å². The quantitative estimate of drug-likeness (QED) is 0.152. The van der Waals surface area contributed by atoms with Gasteiger partial charge in [0.05, 0.1) is 74.0 Å². The Morgan fingerprint density at radius 2 is 0.562 bits per heavy atom. The van der Waals surface area contributed by atoms with Crippen LogP contribution in [-0.4, -0.2) is 49.8 Å². The van der Waals surface area contributed by atoms with Crippen LogP contribution >= 0.6 is 56.7 Å². The Balaban J connectivity index is 0.0000000983. The van der Waals surface area contributed by atoms with Gasteiger partial charge in [0, 0.05) is 102 Å². The largest absolute Gasteiger partial charge is 0.255 e. The van der Waals surface area contributed by atoms with Crippen molar-refractivity contribution in [1.82, 2.24) is 49.8 Å². The monoisotopic (exact) mass is 1530 g/mol. The van der Waals surface area contributed by atoms with Crippen LogP contribution in [0.25, 0.3) is 181 Å². The van der Waals surface area contributed by atoms with Crippen molar-refractivity contribution in [3.05, 3.63) is 350 Å². The molecule has 0 fully saturated rings. The molecule has 10 nitrogen and oxygen atoms in total. The van der Waals surface area contributed by atoms with Crippen LogP contribution in [-0.2, 0) is 0 Å². The molecule has 0 N–H and O–H groups in total. The molecule has 0 atom stereocenters. The maximum atomic E-state index is 4.98. The smallest absolute Gasteiger partial charge is 0.160 e. The van der Waals surface area contributed by atoms with Gasteiger partial charge < -0.3 is 0 Å². The second-order valence-corrected chi connectivity index (χ2v) is 32.6. The van der Waals surface area contributed by atoms with Crippen molar-refractivity contribution in [2.45, 2.75) is 34.6 Å². The molecule has 0 spiro atoms. The molecule has 0 radical (unpaired) electrons. The summed E-state index contributed by atoms with van der Waals surface area (Å²) < 4.78 is 10.9. The molecule has 15 heteroatoms. The third-order valence-electron chi connectivity index (χ3n) is 19.5. The normalized spacial score (nSPS) is 11.3. The first kappa shape index (κ1) is 70.8. The molecule has 0 amide bonds. The maximum absolute atomic E-state index is 4.98. The number of pyridine rings is 2. The molecule has 22 rings (SSSR count). The summed E-state index contributed by atoms with van der Waals surface area (Å²) in [4.78, 5) is 47.9. The number of fused-ring (bicyclic) bond motifs is 15. The van der Waals surface area contributed by atoms with Gasteiger partial charge in [-0.3, -0.25) is 4.98 Å². The summed E-state index contributed by atoms with van der Waals surface area (Å²) in [6.07, 6.45) is 7.06. The van der Waals surface area contributed by atoms with E-state index in [0.29, 0.717) is 0 Å². The minimum absolute atomic E-state index is 0.775. The van der Waals surface area contributed by atoms with Crippen molar-refractivity contribution in [2.24, 2.45) is 0 Å². The van der Waals surface area contributed by atoms with Crippen LogP contribution in [0.5, 0.6) is 0 Å². The SMILES string of the molecule is Cc1ccc(-c2nc(-c3ccccc3)nc3c2sc2ccccc23)cc1.Cc1ccc(-c2ncnc3c2sc2ccccc23)cc1.Cc1cccc(-c2nc(-c3ccccc3)nc3c2sc2ccccc23)c1.Cc1cccc(-c2nccc3c2sc2ncccc23)c1.Cc1cccc(-c2ncnc3c2sc2ccccc23)c1. The third kappa shape index (κ3) is 14.3. The highest BCUT2D eigenvalue weighted by Gasteiger charge is 2.21. The Morgan fingerprint density at radius 1 is 0.205 bits per heavy atom. The van der Waals surface area contributed by atoms with Crippen molar-refractivity contribution in [1.29, 1.82) is 0 Å². The van der Waals surface area contributed by atoms with Crippen molar-refractivity contribution in [3.8, 4) is 79.1 Å². The zero-order chi connectivity index (χ0) is 75.6. The van der Waals surface area contributed by atoms with Gasteiger partial charge in [-0.2, -0.15) is 0 Å². The van der Waals surface area contributed by atoms with Gasteiger partial charge in [-0.1, -0.05) is 264 Å². The molecule has 112 heavy (non-hydrogen) atoms. The van der Waals surface area contributed by atoms with E-state index in [0.717, 1.165) is 114 Å². The average molecular weight is 1530 g/mol. The minimum Gasteiger partial charge on any atom is -0.255 e. The van der Waals surface area contributed by atoms with E-state index in [2.05, 4.69) is 319 Å². The molecule has 0 saturated carbocycles. The highest BCUT2D eigenvalue weighted by Crippen LogP contribution is 2.44. The molecule has 536 valence electrons. The topological polar surface area (TPSA) is 129 Å². The zero-order valence-corrected chi connectivity index (χ0v) is 65.7. The number of hydrogen-bond acceptors (Lipinski definition) is 15. The van der Waals surface area contributed by atoms with E-state index >= 15 is 0 Å². The molecule has 22 aromatic rings. The van der Waals surface area contributed by atoms with Crippen LogP contribution in [0.2, 0.25) is 0 Å². The highest BCUT2D eigenvalue weighted by atomic mass is 32.1. The van der Waals surface area contributed by atoms with Crippen molar-refractivity contribution in [3.63, 3.8) is 0 Å². The van der Waals surface area contributed by atoms with Gasteiger partial charge in [0.25, 0.3) is 0 Å². The zero-order valence-electron chi connectivity index (χ0n) is 61.6. The molecule has 0 bridgehead atoms. The maximum Gasteiger partial charge on any atom is 0.160 e. The van der Waals surface area contributed by atoms with E-state index in [4.69, 9.17) is 19.9 Å². The first-order valence-corrected chi connectivity index (χ1v) is 40.9. The van der Waals surface area contributed by atoms with E-state index in [1.54, 1.807) is 69.3 Å². The fourth-order valence-electron chi connectivity index (χ4n) is 14.0. The lowest BCUT2D eigenvalue weighted by Gasteiger charge is -2.07. The predicted molar refractivity (Wildman–Crippen MR) is 476 cm³/mol. The molecule has 0 unspecified atom stereocenters. The summed E-state index contributed by atoms with van der Waals surface area (Å²) in [6.45, 7) is 10.5. The van der Waals surface area contributed by atoms with Gasteiger partial charge in [-0.05, 0) is 95.3 Å². The molecule has 0 saturated heterocycles. The number of aromatic nitrogens is 10. The second-order valence-electron chi connectivity index (χ2n) is 27.4. The van der Waals surface area contributed by atoms with Gasteiger partial charge in [-0.15, -0.1) is 56.7 Å². The Morgan fingerprint density at radius 3 is 1.01 bits per heavy atom. The number of nitrogens with zero attached hydrogens (tertiary/aromatic N) is 10. The average Bonchev–Trinajstić information content (AvgIpc) is 1.61. The molecule has 11 heterocycles. The van der Waals surface area contributed by atoms with Crippen molar-refractivity contribution < 1.29 is 0 Å². The lowest BCUT2D eigenvalue weighted by molar-refractivity contribution is 1.23. The Kier molecular flexibility index (Phi) is 19.8. The summed E-state index contributed by atoms with van der Waals surface area (Å²) in [5, 5.41) is 7.27. The summed E-state index contributed by atoms with van der Waals surface area (Å²) in [5.41, 5.74) is 23.4. The summed E-state index contributed by atoms with van der Waals surface area (Å²) in [5.74, 6) is 1.55. The predicted octanol–water partition coefficient (Wildman–Crippen LogP) is 27.4. The van der Waals surface area contributed by atoms with Crippen molar-refractivity contribution >= 4 is 158 Å². The molecule has 0 aliphatic carbocycles. The first-order valence-electron chi connectivity index (χ1n) is 36.8. The van der Waals surface area contributed by atoms with Crippen LogP contribution < -0.4 is 0 Å². The Bertz CT molecular complexity index is 7060. The summed E-state index contributed by atoms with van der Waals surface area (Å²) in [7, 11) is 0. The minimum atomic E-state index is 0.775. The van der Waals surface area contributed by atoms with Crippen LogP contribution in [0.15, 0.2) is 322 Å². The molecule has 11 aromatic heterocycles. The highest BCUT2D eigenvalue weighted by molar-refractivity contribution is 7.28. The van der Waals surface area contributed by atoms with Crippen LogP contribution in [0.3, 0.4) is 0 Å². The second kappa shape index (κ2) is 31.3. The van der Waals surface area contributed by atoms with Crippen LogP contribution in [0, 0.1) is 34.6 Å². The van der Waals surface area contributed by atoms with E-state index < -0.39 is 0 Å². The number of hydrogen-bond donors (Lipinski definition) is 0. The summed E-state index contributed by atoms with van der Waals surface area (Å²) >= 11 is 8.78. The van der Waals surface area contributed by atoms with Crippen LogP contribution in [0.1, 0.15) is 27.8 Å². The lowest BCUT2D eigenvalue weighted by Crippen LogP contribution is -1.93. The van der Waals surface area contributed by atoms with Gasteiger partial charge in [0.15, 0.2) is 11.6 Å². The lowest BCUT2D eigenvalue weighted by atomic mass is 10.1. The van der Waals surface area contributed by atoms with Crippen LogP contribution in [0.4, 0.5) is 0 Å². The van der Waals surface area contributed by atoms with E-state index in [9.17, 15) is 0 Å². The standard InChI is InChI=1S/2C23H16N2S.3C17H12N2S/c1-15-8-7-11-17(14-15)20-22-21(18-12-5-6-13-19(18)26-22)25-23(24-20)16-9-3-2-4-10-16;1-15-11-13-16(14-12-15)20-22-21(18-9-5-6-10-19(18)26-22)25-23(24-20)17-7-3-2-4-8-17;1-11-4-2-5-12(10-11)15-16-13(7-9-18-15)14-6-3-8-19-17(14)20-16;1-11-5-4-6-12(9-11)15-17-16(19-10-18-15)13-7-2-3-8-14(13)20-17;1-11-6-8-12(9-7-11)15-17-16(19-10-18-15)13-4-2-3-5-14(13)20-17/h2*2-14H,1H3;3*2-10H,1H3. The number of aryl methyl sites for hydroxylation is 5. The van der Waals surface area contributed by atoms with Crippen molar-refractivity contribution in [2.75, 3.05) is 0 Å². The van der Waals surface area contributed by atoms with E-state index in [1.807, 2.05) is 54.9 Å². The van der Waals surface area contributed by atoms with E-state index in [-0.39, 0.29) is 0 Å². The summed E-state index contributed by atoms with van der Waals surface area (Å²) in [6, 6.07) is 103. The Hall–Kier alpha value is -12.9. The van der Waals surface area contributed by atoms with E-state index in [1.165, 1.54) is 93.9 Å². The number of thiophene rings is 5. The fraction of sp³-hybridized carbons (Fsp3) is 0.0515. The molecular formula is C97H68N10S5. The first-order chi connectivity index (χ1) is 55.1. The Labute approximate surface area is 666 Å². The molecule has 0 aliphatic rings. The number of benzene rings is 11. The molecular weight excluding hydrogens is 1470 g/mol. The molecule has 0 aliphatic heterocycles. The van der Waals surface area contributed by atoms with Gasteiger partial charge >= 0.3 is 0 Å². The third-order valence-corrected chi connectivity index (χ3v) is 25.3. The molecule has 11 aromatic carbocycles.